The van der Waals surface area contributed by atoms with Crippen molar-refractivity contribution in [1.82, 2.24) is 0 Å². The van der Waals surface area contributed by atoms with Crippen molar-refractivity contribution in [3.63, 3.8) is 0 Å². The van der Waals surface area contributed by atoms with E-state index in [2.05, 4.69) is 0 Å². The van der Waals surface area contributed by atoms with Gasteiger partial charge >= 0.3 is 0 Å². The summed E-state index contributed by atoms with van der Waals surface area (Å²) in [5, 5.41) is 0.738. The van der Waals surface area contributed by atoms with Crippen molar-refractivity contribution < 1.29 is 4.79 Å². The van der Waals surface area contributed by atoms with E-state index in [9.17, 15) is 4.79 Å². The molecule has 0 aliphatic carbocycles. The summed E-state index contributed by atoms with van der Waals surface area (Å²) in [5.74, 6) is 0.192. The molecule has 0 atom stereocenters. The van der Waals surface area contributed by atoms with Crippen LogP contribution in [0.2, 0.25) is 5.02 Å². The van der Waals surface area contributed by atoms with E-state index < -0.39 is 0 Å². The smallest absolute Gasteiger partial charge is 0.135 e. The maximum absolute atomic E-state index is 11.3. The molecular weight excluding hydrogens is 196 g/mol. The van der Waals surface area contributed by atoms with E-state index in [0.29, 0.717) is 6.42 Å². The number of carbonyl (C=O) groups is 1. The Balaban J connectivity index is 2.89. The van der Waals surface area contributed by atoms with Crippen molar-refractivity contribution in [2.75, 3.05) is 0 Å². The minimum Gasteiger partial charge on any atom is -0.299 e. The van der Waals surface area contributed by atoms with Crippen LogP contribution in [0.5, 0.6) is 0 Å². The van der Waals surface area contributed by atoms with Gasteiger partial charge in [0.05, 0.1) is 0 Å². The van der Waals surface area contributed by atoms with Crippen molar-refractivity contribution in [3.8, 4) is 0 Å². The van der Waals surface area contributed by atoms with Crippen LogP contribution in [0, 0.1) is 5.41 Å². The van der Waals surface area contributed by atoms with Crippen LogP contribution in [0.3, 0.4) is 0 Å². The number of Topliss-reactive ketones (excluding diaryl/α,β-unsaturated/α-hetero) is 1. The van der Waals surface area contributed by atoms with Crippen molar-refractivity contribution in [2.24, 2.45) is 5.41 Å². The molecule has 0 spiro atoms. The summed E-state index contributed by atoms with van der Waals surface area (Å²) in [7, 11) is 0. The Morgan fingerprint density at radius 1 is 1.36 bits per heavy atom. The number of rotatable bonds is 3. The molecule has 0 saturated carbocycles. The predicted molar refractivity (Wildman–Crippen MR) is 59.6 cm³/mol. The lowest BCUT2D eigenvalue weighted by molar-refractivity contribution is -0.124. The number of ketones is 1. The first-order chi connectivity index (χ1) is 6.43. The van der Waals surface area contributed by atoms with Gasteiger partial charge in [-0.25, -0.2) is 0 Å². The van der Waals surface area contributed by atoms with Gasteiger partial charge in [-0.2, -0.15) is 0 Å². The fraction of sp³-hybridized carbons (Fsp3) is 0.417. The SMILES string of the molecule is CC(=O)C(C)(C)Cc1ccccc1Cl. The minimum atomic E-state index is -0.328. The first-order valence-electron chi connectivity index (χ1n) is 4.68. The Kier molecular flexibility index (Phi) is 3.33. The summed E-state index contributed by atoms with van der Waals surface area (Å²) >= 11 is 6.02. The summed E-state index contributed by atoms with van der Waals surface area (Å²) in [6.07, 6.45) is 0.696. The van der Waals surface area contributed by atoms with Gasteiger partial charge in [-0.05, 0) is 25.0 Å². The highest BCUT2D eigenvalue weighted by molar-refractivity contribution is 6.31. The van der Waals surface area contributed by atoms with E-state index in [1.54, 1.807) is 6.92 Å². The first-order valence-corrected chi connectivity index (χ1v) is 5.06. The van der Waals surface area contributed by atoms with E-state index in [-0.39, 0.29) is 11.2 Å². The standard InChI is InChI=1S/C12H15ClO/c1-9(14)12(2,3)8-10-6-4-5-7-11(10)13/h4-7H,8H2,1-3H3. The van der Waals surface area contributed by atoms with Crippen molar-refractivity contribution in [3.05, 3.63) is 34.9 Å². The van der Waals surface area contributed by atoms with Gasteiger partial charge < -0.3 is 0 Å². The maximum atomic E-state index is 11.3. The molecule has 1 nitrogen and oxygen atoms in total. The third-order valence-corrected chi connectivity index (χ3v) is 2.91. The highest BCUT2D eigenvalue weighted by Crippen LogP contribution is 2.26. The predicted octanol–water partition coefficient (Wildman–Crippen LogP) is 3.50. The molecule has 0 N–H and O–H groups in total. The zero-order valence-corrected chi connectivity index (χ0v) is 9.56. The lowest BCUT2D eigenvalue weighted by Crippen LogP contribution is -2.24. The second kappa shape index (κ2) is 4.14. The Labute approximate surface area is 90.1 Å². The Morgan fingerprint density at radius 3 is 2.43 bits per heavy atom. The van der Waals surface area contributed by atoms with E-state index in [0.717, 1.165) is 10.6 Å². The van der Waals surface area contributed by atoms with Crippen LogP contribution in [0.15, 0.2) is 24.3 Å². The summed E-state index contributed by atoms with van der Waals surface area (Å²) in [5.41, 5.74) is 0.708. The molecular formula is C12H15ClO. The lowest BCUT2D eigenvalue weighted by Gasteiger charge is -2.21. The normalized spacial score (nSPS) is 11.4. The molecule has 0 heterocycles. The van der Waals surface area contributed by atoms with Gasteiger partial charge in [-0.3, -0.25) is 4.79 Å². The molecule has 0 aliphatic rings. The Morgan fingerprint density at radius 2 is 1.93 bits per heavy atom. The second-order valence-corrected chi connectivity index (χ2v) is 4.62. The summed E-state index contributed by atoms with van der Waals surface area (Å²) in [4.78, 5) is 11.3. The van der Waals surface area contributed by atoms with Gasteiger partial charge in [0.15, 0.2) is 0 Å². The van der Waals surface area contributed by atoms with Crippen LogP contribution in [0.25, 0.3) is 0 Å². The van der Waals surface area contributed by atoms with Crippen LogP contribution < -0.4 is 0 Å². The molecule has 2 heteroatoms. The average molecular weight is 211 g/mol. The molecule has 0 aromatic heterocycles. The highest BCUT2D eigenvalue weighted by atomic mass is 35.5. The van der Waals surface area contributed by atoms with Crippen molar-refractivity contribution in [1.29, 1.82) is 0 Å². The van der Waals surface area contributed by atoms with Gasteiger partial charge in [0.1, 0.15) is 5.78 Å². The largest absolute Gasteiger partial charge is 0.299 e. The fourth-order valence-electron chi connectivity index (χ4n) is 1.24. The molecule has 0 unspecified atom stereocenters. The summed E-state index contributed by atoms with van der Waals surface area (Å²) < 4.78 is 0. The molecule has 0 fully saturated rings. The number of hydrogen-bond acceptors (Lipinski definition) is 1. The second-order valence-electron chi connectivity index (χ2n) is 4.21. The summed E-state index contributed by atoms with van der Waals surface area (Å²) in [6.45, 7) is 5.51. The minimum absolute atomic E-state index is 0.192. The Hall–Kier alpha value is -0.820. The summed E-state index contributed by atoms with van der Waals surface area (Å²) in [6, 6.07) is 7.66. The average Bonchev–Trinajstić information content (AvgIpc) is 2.08. The van der Waals surface area contributed by atoms with Crippen LogP contribution >= 0.6 is 11.6 Å². The number of halogens is 1. The van der Waals surface area contributed by atoms with Crippen LogP contribution in [0.1, 0.15) is 26.3 Å². The highest BCUT2D eigenvalue weighted by Gasteiger charge is 2.24. The van der Waals surface area contributed by atoms with Gasteiger partial charge in [0.25, 0.3) is 0 Å². The molecule has 14 heavy (non-hydrogen) atoms. The van der Waals surface area contributed by atoms with Crippen LogP contribution in [0.4, 0.5) is 0 Å². The molecule has 1 rings (SSSR count). The third kappa shape index (κ3) is 2.58. The monoisotopic (exact) mass is 210 g/mol. The topological polar surface area (TPSA) is 17.1 Å². The van der Waals surface area contributed by atoms with E-state index in [1.165, 1.54) is 0 Å². The molecule has 0 aliphatic heterocycles. The first kappa shape index (κ1) is 11.3. The molecule has 0 amide bonds. The van der Waals surface area contributed by atoms with E-state index in [1.807, 2.05) is 38.1 Å². The third-order valence-electron chi connectivity index (χ3n) is 2.54. The Bertz CT molecular complexity index is 342. The van der Waals surface area contributed by atoms with Crippen molar-refractivity contribution >= 4 is 17.4 Å². The number of hydrogen-bond donors (Lipinski definition) is 0. The van der Waals surface area contributed by atoms with Gasteiger partial charge in [0.2, 0.25) is 0 Å². The van der Waals surface area contributed by atoms with Crippen LogP contribution in [-0.2, 0) is 11.2 Å². The molecule has 0 bridgehead atoms. The van der Waals surface area contributed by atoms with Gasteiger partial charge in [0, 0.05) is 10.4 Å². The molecule has 76 valence electrons. The molecule has 0 radical (unpaired) electrons. The quantitative estimate of drug-likeness (QED) is 0.747. The van der Waals surface area contributed by atoms with E-state index in [4.69, 9.17) is 11.6 Å². The zero-order chi connectivity index (χ0) is 10.8. The molecule has 0 saturated heterocycles. The van der Waals surface area contributed by atoms with Crippen molar-refractivity contribution in [2.45, 2.75) is 27.2 Å². The molecule has 1 aromatic rings. The fourth-order valence-corrected chi connectivity index (χ4v) is 1.44. The van der Waals surface area contributed by atoms with Gasteiger partial charge in [-0.15, -0.1) is 0 Å². The zero-order valence-electron chi connectivity index (χ0n) is 8.80. The van der Waals surface area contributed by atoms with Gasteiger partial charge in [-0.1, -0.05) is 43.6 Å². The molecule has 1 aromatic carbocycles. The number of benzene rings is 1. The number of carbonyl (C=O) groups excluding carboxylic acids is 1. The van der Waals surface area contributed by atoms with Crippen LogP contribution in [-0.4, -0.2) is 5.78 Å². The lowest BCUT2D eigenvalue weighted by atomic mass is 9.82. The van der Waals surface area contributed by atoms with E-state index >= 15 is 0 Å². The maximum Gasteiger partial charge on any atom is 0.135 e.